The molecule has 0 radical (unpaired) electrons. The van der Waals surface area contributed by atoms with Crippen LogP contribution in [0.4, 0.5) is 0 Å². The van der Waals surface area contributed by atoms with Crippen molar-refractivity contribution in [2.45, 2.75) is 0 Å². The van der Waals surface area contributed by atoms with Crippen LogP contribution in [0.15, 0.2) is 53.7 Å². The zero-order chi connectivity index (χ0) is 17.1. The zero-order valence-electron chi connectivity index (χ0n) is 12.1. The summed E-state index contributed by atoms with van der Waals surface area (Å²) in [6.45, 7) is 0. The molecule has 0 spiro atoms. The number of hydrogen-bond donors (Lipinski definition) is 1. The Labute approximate surface area is 152 Å². The van der Waals surface area contributed by atoms with Crippen LogP contribution in [0.1, 0.15) is 15.9 Å². The lowest BCUT2D eigenvalue weighted by molar-refractivity contribution is -0.123. The standard InChI is InChI=1S/C16H10ClN3O2S2/c17-12-3-1-10(2-4-12)9-13-15(22)20(16(23)24-13)19-14(21)11-5-7-18-8-6-11/h1-9H,(H,19,21)/b13-9+. The Morgan fingerprint density at radius 1 is 1.21 bits per heavy atom. The summed E-state index contributed by atoms with van der Waals surface area (Å²) in [4.78, 5) is 28.9. The van der Waals surface area contributed by atoms with Gasteiger partial charge in [0, 0.05) is 23.0 Å². The summed E-state index contributed by atoms with van der Waals surface area (Å²) in [5, 5.41) is 1.69. The van der Waals surface area contributed by atoms with Crippen molar-refractivity contribution in [3.8, 4) is 0 Å². The van der Waals surface area contributed by atoms with Crippen LogP contribution in [0.25, 0.3) is 6.08 Å². The Morgan fingerprint density at radius 2 is 1.88 bits per heavy atom. The molecule has 1 saturated heterocycles. The van der Waals surface area contributed by atoms with Gasteiger partial charge in [0.05, 0.1) is 4.91 Å². The van der Waals surface area contributed by atoms with Gasteiger partial charge in [-0.2, -0.15) is 5.01 Å². The summed E-state index contributed by atoms with van der Waals surface area (Å²) in [6.07, 6.45) is 4.70. The number of amides is 2. The van der Waals surface area contributed by atoms with Crippen LogP contribution in [-0.2, 0) is 4.79 Å². The van der Waals surface area contributed by atoms with E-state index in [0.717, 1.165) is 22.3 Å². The highest BCUT2D eigenvalue weighted by atomic mass is 35.5. The van der Waals surface area contributed by atoms with Crippen LogP contribution in [0.3, 0.4) is 0 Å². The van der Waals surface area contributed by atoms with Gasteiger partial charge >= 0.3 is 0 Å². The first kappa shape index (κ1) is 16.6. The first-order chi connectivity index (χ1) is 11.5. The normalized spacial score (nSPS) is 15.9. The van der Waals surface area contributed by atoms with Crippen molar-refractivity contribution < 1.29 is 9.59 Å². The van der Waals surface area contributed by atoms with Crippen molar-refractivity contribution in [3.63, 3.8) is 0 Å². The second kappa shape index (κ2) is 7.12. The number of benzene rings is 1. The van der Waals surface area contributed by atoms with Gasteiger partial charge in [-0.05, 0) is 48.1 Å². The summed E-state index contributed by atoms with van der Waals surface area (Å²) in [6, 6.07) is 10.2. The van der Waals surface area contributed by atoms with Gasteiger partial charge in [0.15, 0.2) is 4.32 Å². The molecule has 1 fully saturated rings. The average Bonchev–Trinajstić information content (AvgIpc) is 2.85. The molecule has 8 heteroatoms. The molecule has 0 aliphatic carbocycles. The van der Waals surface area contributed by atoms with Gasteiger partial charge in [-0.25, -0.2) is 0 Å². The maximum absolute atomic E-state index is 12.5. The number of rotatable bonds is 3. The van der Waals surface area contributed by atoms with Crippen molar-refractivity contribution in [1.82, 2.24) is 15.4 Å². The number of halogens is 1. The van der Waals surface area contributed by atoms with Crippen molar-refractivity contribution in [1.29, 1.82) is 0 Å². The van der Waals surface area contributed by atoms with Gasteiger partial charge in [0.25, 0.3) is 11.8 Å². The van der Waals surface area contributed by atoms with Crippen LogP contribution >= 0.6 is 35.6 Å². The summed E-state index contributed by atoms with van der Waals surface area (Å²) in [7, 11) is 0. The van der Waals surface area contributed by atoms with Crippen LogP contribution in [0.5, 0.6) is 0 Å². The molecule has 0 saturated carbocycles. The van der Waals surface area contributed by atoms with E-state index < -0.39 is 5.91 Å². The number of thiocarbonyl (C=S) groups is 1. The number of nitrogens with zero attached hydrogens (tertiary/aromatic N) is 2. The van der Waals surface area contributed by atoms with Gasteiger partial charge in [0.2, 0.25) is 0 Å². The Balaban J connectivity index is 1.77. The minimum absolute atomic E-state index is 0.266. The van der Waals surface area contributed by atoms with Gasteiger partial charge in [-0.1, -0.05) is 35.5 Å². The molecule has 1 N–H and O–H groups in total. The number of aromatic nitrogens is 1. The molecule has 2 amide bonds. The van der Waals surface area contributed by atoms with E-state index in [-0.39, 0.29) is 10.2 Å². The molecule has 1 aromatic carbocycles. The number of hydrogen-bond acceptors (Lipinski definition) is 5. The highest BCUT2D eigenvalue weighted by molar-refractivity contribution is 8.26. The SMILES string of the molecule is O=C(NN1C(=O)/C(=C\c2ccc(Cl)cc2)SC1=S)c1ccncc1. The molecule has 1 aromatic heterocycles. The minimum Gasteiger partial charge on any atom is -0.267 e. The highest BCUT2D eigenvalue weighted by Gasteiger charge is 2.33. The molecule has 24 heavy (non-hydrogen) atoms. The number of hydrazine groups is 1. The van der Waals surface area contributed by atoms with Crippen LogP contribution in [-0.4, -0.2) is 26.1 Å². The Kier molecular flexibility index (Phi) is 4.94. The van der Waals surface area contributed by atoms with Gasteiger partial charge in [-0.3, -0.25) is 20.0 Å². The number of carbonyl (C=O) groups is 2. The van der Waals surface area contributed by atoms with Crippen LogP contribution in [0, 0.1) is 0 Å². The van der Waals surface area contributed by atoms with E-state index in [1.165, 1.54) is 12.4 Å². The third kappa shape index (κ3) is 3.64. The summed E-state index contributed by atoms with van der Waals surface area (Å²) in [5.41, 5.74) is 3.72. The fourth-order valence-electron chi connectivity index (χ4n) is 1.94. The maximum Gasteiger partial charge on any atom is 0.285 e. The predicted octanol–water partition coefficient (Wildman–Crippen LogP) is 3.28. The van der Waals surface area contributed by atoms with Gasteiger partial charge < -0.3 is 0 Å². The molecule has 0 unspecified atom stereocenters. The molecule has 0 atom stereocenters. The van der Waals surface area contributed by atoms with E-state index in [2.05, 4.69) is 10.4 Å². The summed E-state index contributed by atoms with van der Waals surface area (Å²) >= 11 is 12.2. The van der Waals surface area contributed by atoms with E-state index >= 15 is 0 Å². The van der Waals surface area contributed by atoms with E-state index in [1.807, 2.05) is 0 Å². The Hall–Kier alpha value is -2.22. The number of carbonyl (C=O) groups excluding carboxylic acids is 2. The second-order valence-electron chi connectivity index (χ2n) is 4.75. The molecule has 2 heterocycles. The molecule has 1 aliphatic heterocycles. The smallest absolute Gasteiger partial charge is 0.267 e. The van der Waals surface area contributed by atoms with E-state index in [4.69, 9.17) is 23.8 Å². The molecule has 0 bridgehead atoms. The lowest BCUT2D eigenvalue weighted by Crippen LogP contribution is -2.44. The molecule has 3 rings (SSSR count). The second-order valence-corrected chi connectivity index (χ2v) is 6.86. The fourth-order valence-corrected chi connectivity index (χ4v) is 3.25. The third-order valence-corrected chi connectivity index (χ3v) is 4.67. The van der Waals surface area contributed by atoms with E-state index in [9.17, 15) is 9.59 Å². The van der Waals surface area contributed by atoms with E-state index in [0.29, 0.717) is 15.5 Å². The van der Waals surface area contributed by atoms with E-state index in [1.54, 1.807) is 42.5 Å². The van der Waals surface area contributed by atoms with Gasteiger partial charge in [-0.15, -0.1) is 0 Å². The predicted molar refractivity (Wildman–Crippen MR) is 98.2 cm³/mol. The summed E-state index contributed by atoms with van der Waals surface area (Å²) in [5.74, 6) is -0.802. The third-order valence-electron chi connectivity index (χ3n) is 3.12. The van der Waals surface area contributed by atoms with Crippen LogP contribution < -0.4 is 5.43 Å². The van der Waals surface area contributed by atoms with Crippen molar-refractivity contribution in [2.75, 3.05) is 0 Å². The largest absolute Gasteiger partial charge is 0.285 e. The van der Waals surface area contributed by atoms with Gasteiger partial charge in [0.1, 0.15) is 0 Å². The number of pyridine rings is 1. The quantitative estimate of drug-likeness (QED) is 0.659. The minimum atomic E-state index is -0.429. The fraction of sp³-hybridized carbons (Fsp3) is 0. The van der Waals surface area contributed by atoms with Crippen molar-refractivity contribution in [2.24, 2.45) is 0 Å². The summed E-state index contributed by atoms with van der Waals surface area (Å²) < 4.78 is 0.266. The monoisotopic (exact) mass is 375 g/mol. The first-order valence-corrected chi connectivity index (χ1v) is 8.39. The van der Waals surface area contributed by atoms with Crippen molar-refractivity contribution in [3.05, 3.63) is 69.8 Å². The molecule has 2 aromatic rings. The Morgan fingerprint density at radius 3 is 2.54 bits per heavy atom. The molecule has 120 valence electrons. The molecule has 5 nitrogen and oxygen atoms in total. The molecule has 1 aliphatic rings. The lowest BCUT2D eigenvalue weighted by Gasteiger charge is -2.15. The molecular formula is C16H10ClN3O2S2. The maximum atomic E-state index is 12.5. The van der Waals surface area contributed by atoms with Crippen LogP contribution in [0.2, 0.25) is 5.02 Å². The number of nitrogens with one attached hydrogen (secondary N) is 1. The molecular weight excluding hydrogens is 366 g/mol. The lowest BCUT2D eigenvalue weighted by atomic mass is 10.2. The number of thioether (sulfide) groups is 1. The first-order valence-electron chi connectivity index (χ1n) is 6.79. The topological polar surface area (TPSA) is 62.3 Å². The highest BCUT2D eigenvalue weighted by Crippen LogP contribution is 2.31. The zero-order valence-corrected chi connectivity index (χ0v) is 14.5. The van der Waals surface area contributed by atoms with Crippen molar-refractivity contribution >= 4 is 57.8 Å². The Bertz CT molecular complexity index is 838. The average molecular weight is 376 g/mol.